The fourth-order valence-corrected chi connectivity index (χ4v) is 2.58. The molecule has 0 saturated heterocycles. The molecule has 3 aromatic rings. The number of benzene rings is 2. The summed E-state index contributed by atoms with van der Waals surface area (Å²) in [4.78, 5) is 0. The highest BCUT2D eigenvalue weighted by Gasteiger charge is 2.05. The van der Waals surface area contributed by atoms with Crippen LogP contribution >= 0.6 is 23.2 Å². The highest BCUT2D eigenvalue weighted by Crippen LogP contribution is 2.24. The van der Waals surface area contributed by atoms with Gasteiger partial charge in [-0.05, 0) is 48.0 Å². The van der Waals surface area contributed by atoms with Crippen LogP contribution in [0.25, 0.3) is 10.9 Å². The lowest BCUT2D eigenvalue weighted by Gasteiger charge is -2.08. The minimum Gasteiger partial charge on any atom is -0.399 e. The van der Waals surface area contributed by atoms with Crippen LogP contribution in [0.5, 0.6) is 0 Å². The number of fused-ring (bicyclic) bond motifs is 1. The van der Waals surface area contributed by atoms with Crippen LogP contribution in [-0.2, 0) is 6.54 Å². The second-order valence-corrected chi connectivity index (χ2v) is 5.34. The van der Waals surface area contributed by atoms with Crippen LogP contribution in [0.4, 0.5) is 5.69 Å². The third-order valence-electron chi connectivity index (χ3n) is 3.14. The third-order valence-corrected chi connectivity index (χ3v) is 3.75. The topological polar surface area (TPSA) is 30.9 Å². The van der Waals surface area contributed by atoms with Gasteiger partial charge < -0.3 is 10.3 Å². The van der Waals surface area contributed by atoms with Gasteiger partial charge in [0.05, 0.1) is 0 Å². The highest BCUT2D eigenvalue weighted by molar-refractivity contribution is 6.33. The highest BCUT2D eigenvalue weighted by atomic mass is 35.5. The summed E-state index contributed by atoms with van der Waals surface area (Å²) >= 11 is 12.2. The maximum absolute atomic E-state index is 6.20. The van der Waals surface area contributed by atoms with E-state index in [1.165, 1.54) is 0 Å². The Morgan fingerprint density at radius 1 is 1.00 bits per heavy atom. The summed E-state index contributed by atoms with van der Waals surface area (Å²) in [7, 11) is 0. The van der Waals surface area contributed by atoms with E-state index in [-0.39, 0.29) is 0 Å². The van der Waals surface area contributed by atoms with Gasteiger partial charge in [-0.1, -0.05) is 23.2 Å². The molecule has 3 rings (SSSR count). The Balaban J connectivity index is 2.03. The maximum atomic E-state index is 6.20. The van der Waals surface area contributed by atoms with Crippen LogP contribution in [-0.4, -0.2) is 4.57 Å². The molecular weight excluding hydrogens is 279 g/mol. The van der Waals surface area contributed by atoms with Crippen molar-refractivity contribution in [2.45, 2.75) is 6.54 Å². The van der Waals surface area contributed by atoms with Crippen molar-refractivity contribution in [3.63, 3.8) is 0 Å². The van der Waals surface area contributed by atoms with Crippen LogP contribution < -0.4 is 5.73 Å². The van der Waals surface area contributed by atoms with E-state index >= 15 is 0 Å². The largest absolute Gasteiger partial charge is 0.399 e. The van der Waals surface area contributed by atoms with E-state index in [2.05, 4.69) is 4.57 Å². The molecule has 0 bridgehead atoms. The van der Waals surface area contributed by atoms with Crippen molar-refractivity contribution in [1.29, 1.82) is 0 Å². The summed E-state index contributed by atoms with van der Waals surface area (Å²) in [5, 5.41) is 2.54. The minimum absolute atomic E-state index is 0.687. The molecule has 0 unspecified atom stereocenters. The molecule has 1 aromatic heterocycles. The molecule has 0 aliphatic heterocycles. The molecule has 4 heteroatoms. The molecule has 2 nitrogen and oxygen atoms in total. The first-order chi connectivity index (χ1) is 9.13. The molecule has 0 saturated carbocycles. The van der Waals surface area contributed by atoms with Crippen molar-refractivity contribution in [3.8, 4) is 0 Å². The molecule has 19 heavy (non-hydrogen) atoms. The van der Waals surface area contributed by atoms with Gasteiger partial charge >= 0.3 is 0 Å². The zero-order valence-corrected chi connectivity index (χ0v) is 11.6. The Labute approximate surface area is 121 Å². The number of nitrogens with zero attached hydrogens (tertiary/aromatic N) is 1. The van der Waals surface area contributed by atoms with Gasteiger partial charge in [-0.3, -0.25) is 0 Å². The van der Waals surface area contributed by atoms with Crippen LogP contribution in [0, 0.1) is 0 Å². The molecule has 0 amide bonds. The Hall–Kier alpha value is -1.64. The molecule has 0 atom stereocenters. The van der Waals surface area contributed by atoms with Crippen molar-refractivity contribution in [3.05, 3.63) is 64.3 Å². The van der Waals surface area contributed by atoms with Gasteiger partial charge in [0.15, 0.2) is 0 Å². The van der Waals surface area contributed by atoms with Crippen LogP contribution in [0.15, 0.2) is 48.7 Å². The van der Waals surface area contributed by atoms with E-state index in [9.17, 15) is 0 Å². The fourth-order valence-electron chi connectivity index (χ4n) is 2.20. The van der Waals surface area contributed by atoms with E-state index in [0.717, 1.165) is 27.2 Å². The minimum atomic E-state index is 0.687. The molecule has 0 aliphatic rings. The van der Waals surface area contributed by atoms with Gasteiger partial charge in [0, 0.05) is 39.4 Å². The number of rotatable bonds is 2. The van der Waals surface area contributed by atoms with E-state index in [4.69, 9.17) is 28.9 Å². The number of nitrogens with two attached hydrogens (primary N) is 1. The molecule has 2 aromatic carbocycles. The summed E-state index contributed by atoms with van der Waals surface area (Å²) in [5.74, 6) is 0. The SMILES string of the molecule is Nc1ccc2c(ccn2Cc2cc(Cl)ccc2Cl)c1. The van der Waals surface area contributed by atoms with Crippen LogP contribution in [0.2, 0.25) is 10.0 Å². The summed E-state index contributed by atoms with van der Waals surface area (Å²) in [6, 6.07) is 13.4. The first-order valence-corrected chi connectivity index (χ1v) is 6.67. The smallest absolute Gasteiger partial charge is 0.0491 e. The second kappa shape index (κ2) is 4.80. The van der Waals surface area contributed by atoms with Gasteiger partial charge in [0.2, 0.25) is 0 Å². The summed E-state index contributed by atoms with van der Waals surface area (Å²) in [5.41, 5.74) is 8.68. The first kappa shape index (κ1) is 12.4. The predicted molar refractivity (Wildman–Crippen MR) is 81.9 cm³/mol. The molecule has 0 aliphatic carbocycles. The molecule has 96 valence electrons. The lowest BCUT2D eigenvalue weighted by atomic mass is 10.2. The summed E-state index contributed by atoms with van der Waals surface area (Å²) in [6.45, 7) is 0.687. The number of halogens is 2. The van der Waals surface area contributed by atoms with Gasteiger partial charge in [-0.2, -0.15) is 0 Å². The summed E-state index contributed by atoms with van der Waals surface area (Å²) in [6.07, 6.45) is 2.03. The Bertz CT molecular complexity index is 747. The zero-order chi connectivity index (χ0) is 13.4. The predicted octanol–water partition coefficient (Wildman–Crippen LogP) is 4.58. The van der Waals surface area contributed by atoms with Crippen LogP contribution in [0.3, 0.4) is 0 Å². The zero-order valence-electron chi connectivity index (χ0n) is 10.1. The van der Waals surface area contributed by atoms with Gasteiger partial charge in [-0.15, -0.1) is 0 Å². The third kappa shape index (κ3) is 2.42. The van der Waals surface area contributed by atoms with Crippen molar-refractivity contribution in [2.75, 3.05) is 5.73 Å². The van der Waals surface area contributed by atoms with Crippen LogP contribution in [0.1, 0.15) is 5.56 Å². The van der Waals surface area contributed by atoms with Crippen molar-refractivity contribution in [1.82, 2.24) is 4.57 Å². The number of anilines is 1. The average Bonchev–Trinajstić information content (AvgIpc) is 2.76. The Morgan fingerprint density at radius 3 is 2.68 bits per heavy atom. The van der Waals surface area contributed by atoms with Crippen molar-refractivity contribution >= 4 is 39.8 Å². The summed E-state index contributed by atoms with van der Waals surface area (Å²) < 4.78 is 2.13. The Kier molecular flexibility index (Phi) is 3.13. The number of hydrogen-bond donors (Lipinski definition) is 1. The van der Waals surface area contributed by atoms with Gasteiger partial charge in [0.25, 0.3) is 0 Å². The monoisotopic (exact) mass is 290 g/mol. The maximum Gasteiger partial charge on any atom is 0.0491 e. The lowest BCUT2D eigenvalue weighted by Crippen LogP contribution is -1.98. The number of hydrogen-bond acceptors (Lipinski definition) is 1. The number of nitrogen functional groups attached to an aromatic ring is 1. The fraction of sp³-hybridized carbons (Fsp3) is 0.0667. The first-order valence-electron chi connectivity index (χ1n) is 5.92. The van der Waals surface area contributed by atoms with E-state index < -0.39 is 0 Å². The quantitative estimate of drug-likeness (QED) is 0.688. The van der Waals surface area contributed by atoms with E-state index in [1.54, 1.807) is 6.07 Å². The van der Waals surface area contributed by atoms with E-state index in [1.807, 2.05) is 42.6 Å². The normalized spacial score (nSPS) is 11.1. The standard InChI is InChI=1S/C15H12Cl2N2/c16-12-1-3-14(17)11(7-12)9-19-6-5-10-8-13(18)2-4-15(10)19/h1-8H,9,18H2. The molecule has 2 N–H and O–H groups in total. The molecule has 1 heterocycles. The lowest BCUT2D eigenvalue weighted by molar-refractivity contribution is 0.837. The van der Waals surface area contributed by atoms with Crippen molar-refractivity contribution in [2.24, 2.45) is 0 Å². The molecule has 0 fully saturated rings. The second-order valence-electron chi connectivity index (χ2n) is 4.50. The number of aromatic nitrogens is 1. The Morgan fingerprint density at radius 2 is 1.84 bits per heavy atom. The molecule has 0 radical (unpaired) electrons. The van der Waals surface area contributed by atoms with Gasteiger partial charge in [-0.25, -0.2) is 0 Å². The van der Waals surface area contributed by atoms with Crippen molar-refractivity contribution < 1.29 is 0 Å². The molecule has 0 spiro atoms. The average molecular weight is 291 g/mol. The van der Waals surface area contributed by atoms with Gasteiger partial charge in [0.1, 0.15) is 0 Å². The van der Waals surface area contributed by atoms with E-state index in [0.29, 0.717) is 11.6 Å². The molecular formula is C15H12Cl2N2.